The van der Waals surface area contributed by atoms with Gasteiger partial charge in [0.15, 0.2) is 6.10 Å². The Morgan fingerprint density at radius 2 is 1.88 bits per heavy atom. The van der Waals surface area contributed by atoms with E-state index in [1.165, 1.54) is 20.3 Å². The maximum Gasteiger partial charge on any atom is 0.405 e. The summed E-state index contributed by atoms with van der Waals surface area (Å²) >= 11 is 0. The summed E-state index contributed by atoms with van der Waals surface area (Å²) in [6, 6.07) is 0. The lowest BCUT2D eigenvalue weighted by molar-refractivity contribution is -0.120. The van der Waals surface area contributed by atoms with Crippen LogP contribution in [-0.4, -0.2) is 73.9 Å². The summed E-state index contributed by atoms with van der Waals surface area (Å²) in [5.74, 6) is -2.14. The van der Waals surface area contributed by atoms with E-state index in [0.717, 1.165) is 6.08 Å². The van der Waals surface area contributed by atoms with E-state index in [1.807, 2.05) is 6.92 Å². The summed E-state index contributed by atoms with van der Waals surface area (Å²) < 4.78 is 16.6. The molecule has 0 saturated heterocycles. The van der Waals surface area contributed by atoms with Crippen LogP contribution in [0.25, 0.3) is 0 Å². The zero-order valence-corrected chi connectivity index (χ0v) is 26.4. The van der Waals surface area contributed by atoms with E-state index in [9.17, 15) is 24.3 Å². The molecule has 0 unspecified atom stereocenters. The number of nitrogens with one attached hydrogen (secondary N) is 2. The number of rotatable bonds is 6. The van der Waals surface area contributed by atoms with Crippen LogP contribution >= 0.6 is 12.4 Å². The van der Waals surface area contributed by atoms with Gasteiger partial charge in [-0.05, 0) is 38.2 Å². The quantitative estimate of drug-likeness (QED) is 0.258. The van der Waals surface area contributed by atoms with Crippen LogP contribution in [-0.2, 0) is 28.6 Å². The molecule has 2 bridgehead atoms. The highest BCUT2D eigenvalue weighted by atomic mass is 35.5. The SMILES string of the molecule is C=CCNC1=C2C[C@@H](C)C[C@H](OC)[C@H](O)[C@@H](C)/C=C(\C)[C@H](OC(N)=O)[C@@H](OC)/C=C/C=C(\C)C(=O)NC(=CC1=O)C2=O.Cl. The molecule has 0 aromatic carbocycles. The number of amides is 2. The van der Waals surface area contributed by atoms with Crippen LogP contribution in [0.5, 0.6) is 0 Å². The number of allylic oxidation sites excluding steroid dienone is 4. The zero-order chi connectivity index (χ0) is 31.6. The number of hydrogen-bond donors (Lipinski definition) is 4. The van der Waals surface area contributed by atoms with Gasteiger partial charge in [0.1, 0.15) is 6.10 Å². The number of aliphatic hydroxyl groups excluding tert-OH is 1. The van der Waals surface area contributed by atoms with Crippen molar-refractivity contribution in [2.24, 2.45) is 17.6 Å². The largest absolute Gasteiger partial charge is 0.439 e. The monoisotopic (exact) mass is 621 g/mol. The van der Waals surface area contributed by atoms with E-state index in [2.05, 4.69) is 17.2 Å². The molecular formula is C31H44ClN3O8. The third-order valence-electron chi connectivity index (χ3n) is 7.22. The standard InChI is InChI=1S/C31H43N3O8.ClH/c1-8-12-33-26-21-13-17(2)14-25(41-7)27(36)19(4)15-20(5)29(42-31(32)39)24(40-6)11-9-10-18(3)30(38)34-22(28(21)37)16-23(26)35;/h8-11,15-17,19,24-25,27,29,33,36H,1,12-14H2,2-7H3,(H2,32,39)(H,34,38);1H/b11-9+,18-10+,20-15+;/t17-,19+,24+,25+,27-,29+;/m1./s1. The Bertz CT molecular complexity index is 1220. The molecule has 2 rings (SSSR count). The van der Waals surface area contributed by atoms with E-state index in [4.69, 9.17) is 19.9 Å². The molecule has 2 amide bonds. The maximum atomic E-state index is 13.5. The van der Waals surface area contributed by atoms with Crippen molar-refractivity contribution in [3.05, 3.63) is 71.1 Å². The number of carbonyl (C=O) groups excluding carboxylic acids is 4. The molecule has 0 radical (unpaired) electrons. The van der Waals surface area contributed by atoms with Gasteiger partial charge in [-0.1, -0.05) is 44.2 Å². The molecule has 0 fully saturated rings. The summed E-state index contributed by atoms with van der Waals surface area (Å²) in [7, 11) is 2.92. The lowest BCUT2D eigenvalue weighted by Gasteiger charge is -2.30. The lowest BCUT2D eigenvalue weighted by atomic mass is 9.85. The van der Waals surface area contributed by atoms with Crippen molar-refractivity contribution >= 4 is 36.0 Å². The Labute approximate surface area is 259 Å². The Kier molecular flexibility index (Phi) is 15.3. The molecule has 43 heavy (non-hydrogen) atoms. The van der Waals surface area contributed by atoms with Crippen molar-refractivity contribution in [3.8, 4) is 0 Å². The van der Waals surface area contributed by atoms with Crippen molar-refractivity contribution in [2.45, 2.75) is 65.0 Å². The average Bonchev–Trinajstić information content (AvgIpc) is 2.94. The van der Waals surface area contributed by atoms with Gasteiger partial charge < -0.3 is 35.7 Å². The fourth-order valence-corrected chi connectivity index (χ4v) is 4.95. The zero-order valence-electron chi connectivity index (χ0n) is 25.5. The fourth-order valence-electron chi connectivity index (χ4n) is 4.95. The van der Waals surface area contributed by atoms with E-state index < -0.39 is 53.9 Å². The summed E-state index contributed by atoms with van der Waals surface area (Å²) in [6.45, 7) is 10.9. The molecule has 0 saturated carbocycles. The second kappa shape index (κ2) is 17.6. The number of methoxy groups -OCH3 is 2. The van der Waals surface area contributed by atoms with Gasteiger partial charge in [0.05, 0.1) is 23.6 Å². The average molecular weight is 622 g/mol. The van der Waals surface area contributed by atoms with E-state index >= 15 is 0 Å². The first-order valence-corrected chi connectivity index (χ1v) is 13.8. The molecule has 1 heterocycles. The lowest BCUT2D eigenvalue weighted by Crippen LogP contribution is -2.37. The van der Waals surface area contributed by atoms with E-state index in [0.29, 0.717) is 12.0 Å². The first-order chi connectivity index (χ1) is 19.8. The van der Waals surface area contributed by atoms with Gasteiger partial charge in [0, 0.05) is 43.9 Å². The number of ether oxygens (including phenoxy) is 3. The number of hydrogen-bond acceptors (Lipinski definition) is 9. The first-order valence-electron chi connectivity index (χ1n) is 13.8. The van der Waals surface area contributed by atoms with Crippen molar-refractivity contribution in [2.75, 3.05) is 20.8 Å². The fraction of sp³-hybridized carbons (Fsp3) is 0.484. The van der Waals surface area contributed by atoms with Gasteiger partial charge in [-0.3, -0.25) is 14.4 Å². The number of aliphatic hydroxyl groups is 1. The molecule has 0 aromatic heterocycles. The van der Waals surface area contributed by atoms with Crippen LogP contribution in [0.3, 0.4) is 0 Å². The van der Waals surface area contributed by atoms with Gasteiger partial charge in [-0.25, -0.2) is 4.79 Å². The van der Waals surface area contributed by atoms with Gasteiger partial charge >= 0.3 is 6.09 Å². The summed E-state index contributed by atoms with van der Waals surface area (Å²) in [5.41, 5.74) is 6.42. The Balaban J connectivity index is 0.00000924. The van der Waals surface area contributed by atoms with E-state index in [1.54, 1.807) is 45.1 Å². The molecule has 0 aromatic rings. The number of carbonyl (C=O) groups is 4. The third-order valence-corrected chi connectivity index (χ3v) is 7.22. The van der Waals surface area contributed by atoms with Crippen LogP contribution in [0.1, 0.15) is 40.5 Å². The van der Waals surface area contributed by atoms with Crippen molar-refractivity contribution in [3.63, 3.8) is 0 Å². The van der Waals surface area contributed by atoms with Crippen LogP contribution in [0.15, 0.2) is 71.1 Å². The molecule has 6 atom stereocenters. The molecule has 11 nitrogen and oxygen atoms in total. The molecule has 238 valence electrons. The van der Waals surface area contributed by atoms with Crippen LogP contribution in [0.4, 0.5) is 4.79 Å². The molecule has 12 heteroatoms. The van der Waals surface area contributed by atoms with Gasteiger partial charge in [-0.2, -0.15) is 0 Å². The maximum absolute atomic E-state index is 13.5. The molecule has 5 N–H and O–H groups in total. The third kappa shape index (κ3) is 10.3. The predicted octanol–water partition coefficient (Wildman–Crippen LogP) is 2.96. The topological polar surface area (TPSA) is 166 Å². The smallest absolute Gasteiger partial charge is 0.405 e. The highest BCUT2D eigenvalue weighted by molar-refractivity contribution is 6.23. The number of fused-ring (bicyclic) bond motifs is 2. The van der Waals surface area contributed by atoms with E-state index in [-0.39, 0.29) is 53.8 Å². The van der Waals surface area contributed by atoms with Crippen LogP contribution < -0.4 is 16.4 Å². The van der Waals surface area contributed by atoms with Crippen molar-refractivity contribution in [1.82, 2.24) is 10.6 Å². The van der Waals surface area contributed by atoms with Crippen molar-refractivity contribution < 1.29 is 38.5 Å². The van der Waals surface area contributed by atoms with Gasteiger partial charge in [-0.15, -0.1) is 19.0 Å². The number of Topliss-reactive ketones (excluding diaryl/α,β-unsaturated/α-hetero) is 1. The first kappa shape index (κ1) is 37.5. The van der Waals surface area contributed by atoms with Crippen molar-refractivity contribution in [1.29, 1.82) is 0 Å². The highest BCUT2D eigenvalue weighted by Crippen LogP contribution is 2.28. The number of primary amides is 1. The van der Waals surface area contributed by atoms with Gasteiger partial charge in [0.25, 0.3) is 5.91 Å². The molecular weight excluding hydrogens is 578 g/mol. The minimum absolute atomic E-state index is 0. The Hall–Kier alpha value is -3.51. The Morgan fingerprint density at radius 1 is 1.21 bits per heavy atom. The second-order valence-corrected chi connectivity index (χ2v) is 10.6. The molecule has 2 aliphatic rings. The Morgan fingerprint density at radius 3 is 2.47 bits per heavy atom. The molecule has 0 spiro atoms. The molecule has 1 aliphatic heterocycles. The van der Waals surface area contributed by atoms with Gasteiger partial charge in [0.2, 0.25) is 11.6 Å². The summed E-state index contributed by atoms with van der Waals surface area (Å²) in [5, 5.41) is 16.7. The minimum Gasteiger partial charge on any atom is -0.439 e. The summed E-state index contributed by atoms with van der Waals surface area (Å²) in [4.78, 5) is 51.3. The predicted molar refractivity (Wildman–Crippen MR) is 165 cm³/mol. The number of halogens is 1. The number of ketones is 2. The summed E-state index contributed by atoms with van der Waals surface area (Å²) in [6.07, 6.45) is 5.34. The van der Waals surface area contributed by atoms with Crippen LogP contribution in [0, 0.1) is 11.8 Å². The second-order valence-electron chi connectivity index (χ2n) is 10.6. The van der Waals surface area contributed by atoms with Crippen LogP contribution in [0.2, 0.25) is 0 Å². The highest BCUT2D eigenvalue weighted by Gasteiger charge is 2.33. The normalized spacial score (nSPS) is 30.9. The molecule has 1 aliphatic carbocycles. The minimum atomic E-state index is -1.00. The number of nitrogens with two attached hydrogens (primary N) is 1.